The standard InChI is InChI=1S/C36H35BSi/c1-5-15-30(16-6-1)27-28-38(34-23-9-3-10-24-34,35-25-11-4-12-26-35)36(29-31-17-7-2-8-18-31)37-32-19-13-20-33(37)22-14-21-32/h1-12,15-18,23-26,29,32-33H,13-14,19-22H2/b36-29+. The lowest BCUT2D eigenvalue weighted by Gasteiger charge is -2.46. The topological polar surface area (TPSA) is 0 Å². The van der Waals surface area contributed by atoms with Crippen LogP contribution in [0.25, 0.3) is 6.08 Å². The molecule has 0 amide bonds. The van der Waals surface area contributed by atoms with E-state index in [0.29, 0.717) is 6.71 Å². The minimum Gasteiger partial charge on any atom is -0.110 e. The van der Waals surface area contributed by atoms with E-state index in [1.165, 1.54) is 54.5 Å². The van der Waals surface area contributed by atoms with Gasteiger partial charge in [0.25, 0.3) is 0 Å². The highest BCUT2D eigenvalue weighted by Crippen LogP contribution is 2.50. The third-order valence-corrected chi connectivity index (χ3v) is 13.1. The number of fused-ring (bicyclic) bond motifs is 2. The van der Waals surface area contributed by atoms with Gasteiger partial charge in [-0.15, -0.1) is 5.54 Å². The minimum atomic E-state index is -2.70. The summed E-state index contributed by atoms with van der Waals surface area (Å²) in [6.07, 6.45) is 10.8. The van der Waals surface area contributed by atoms with Crippen LogP contribution in [0.1, 0.15) is 49.7 Å². The summed E-state index contributed by atoms with van der Waals surface area (Å²) in [5.74, 6) is 5.24. The van der Waals surface area contributed by atoms with Crippen LogP contribution < -0.4 is 10.4 Å². The molecule has 0 unspecified atom stereocenters. The van der Waals surface area contributed by atoms with Crippen LogP contribution >= 0.6 is 0 Å². The summed E-state index contributed by atoms with van der Waals surface area (Å²) >= 11 is 0. The largest absolute Gasteiger partial charge is 0.217 e. The summed E-state index contributed by atoms with van der Waals surface area (Å²) in [4.78, 5) is 0. The summed E-state index contributed by atoms with van der Waals surface area (Å²) in [6, 6.07) is 44.2. The van der Waals surface area contributed by atoms with Gasteiger partial charge in [0.15, 0.2) is 6.71 Å². The monoisotopic (exact) mass is 506 g/mol. The fourth-order valence-electron chi connectivity index (χ4n) is 7.15. The van der Waals surface area contributed by atoms with Crippen molar-refractivity contribution < 1.29 is 0 Å². The van der Waals surface area contributed by atoms with Gasteiger partial charge in [0.2, 0.25) is 8.07 Å². The summed E-state index contributed by atoms with van der Waals surface area (Å²) < 4.78 is 0. The lowest BCUT2D eigenvalue weighted by atomic mass is 9.27. The van der Waals surface area contributed by atoms with Gasteiger partial charge in [-0.3, -0.25) is 0 Å². The van der Waals surface area contributed by atoms with Gasteiger partial charge >= 0.3 is 0 Å². The maximum atomic E-state index is 4.11. The molecule has 0 saturated carbocycles. The first-order chi connectivity index (χ1) is 18.8. The van der Waals surface area contributed by atoms with Crippen LogP contribution in [0.4, 0.5) is 0 Å². The van der Waals surface area contributed by atoms with E-state index in [-0.39, 0.29) is 0 Å². The van der Waals surface area contributed by atoms with Crippen molar-refractivity contribution in [1.82, 2.24) is 0 Å². The Morgan fingerprint density at radius 3 is 1.55 bits per heavy atom. The molecule has 0 spiro atoms. The van der Waals surface area contributed by atoms with Crippen molar-refractivity contribution in [1.29, 1.82) is 0 Å². The second kappa shape index (κ2) is 11.5. The van der Waals surface area contributed by atoms with E-state index in [9.17, 15) is 0 Å². The third kappa shape index (κ3) is 4.96. The fraction of sp³-hybridized carbons (Fsp3) is 0.222. The van der Waals surface area contributed by atoms with Gasteiger partial charge in [-0.2, -0.15) is 0 Å². The number of benzene rings is 4. The Hall–Kier alpha value is -3.54. The molecular formula is C36H35BSi. The molecule has 6 rings (SSSR count). The zero-order valence-electron chi connectivity index (χ0n) is 22.1. The zero-order chi connectivity index (χ0) is 25.6. The van der Waals surface area contributed by atoms with Crippen LogP contribution in [0.5, 0.6) is 0 Å². The molecule has 2 heterocycles. The summed E-state index contributed by atoms with van der Waals surface area (Å²) in [7, 11) is -2.70. The van der Waals surface area contributed by atoms with Gasteiger partial charge in [-0.1, -0.05) is 176 Å². The maximum Gasteiger partial charge on any atom is 0.217 e. The van der Waals surface area contributed by atoms with Gasteiger partial charge in [0.05, 0.1) is 0 Å². The second-order valence-electron chi connectivity index (χ2n) is 11.0. The van der Waals surface area contributed by atoms with Gasteiger partial charge in [-0.25, -0.2) is 0 Å². The molecule has 2 saturated heterocycles. The van der Waals surface area contributed by atoms with E-state index >= 15 is 0 Å². The van der Waals surface area contributed by atoms with Crippen molar-refractivity contribution in [2.45, 2.75) is 50.2 Å². The van der Waals surface area contributed by atoms with Crippen LogP contribution in [0.2, 0.25) is 11.6 Å². The van der Waals surface area contributed by atoms with Crippen molar-refractivity contribution in [3.63, 3.8) is 0 Å². The summed E-state index contributed by atoms with van der Waals surface area (Å²) in [5, 5.41) is 4.43. The molecule has 4 aromatic carbocycles. The first-order valence-electron chi connectivity index (χ1n) is 14.3. The second-order valence-corrected chi connectivity index (χ2v) is 14.5. The molecule has 0 nitrogen and oxygen atoms in total. The molecule has 2 aliphatic heterocycles. The van der Waals surface area contributed by atoms with Gasteiger partial charge in [0.1, 0.15) is 0 Å². The third-order valence-electron chi connectivity index (χ3n) is 8.81. The smallest absolute Gasteiger partial charge is 0.110 e. The van der Waals surface area contributed by atoms with Crippen molar-refractivity contribution in [3.8, 4) is 11.5 Å². The van der Waals surface area contributed by atoms with E-state index in [1.807, 2.05) is 0 Å². The lowest BCUT2D eigenvalue weighted by molar-refractivity contribution is 0.447. The molecule has 38 heavy (non-hydrogen) atoms. The lowest BCUT2D eigenvalue weighted by Crippen LogP contribution is -2.64. The molecule has 2 fully saturated rings. The molecule has 2 heteroatoms. The summed E-state index contributed by atoms with van der Waals surface area (Å²) in [5.41, 5.74) is 6.51. The molecule has 0 radical (unpaired) electrons. The van der Waals surface area contributed by atoms with E-state index in [4.69, 9.17) is 0 Å². The van der Waals surface area contributed by atoms with Crippen molar-refractivity contribution in [2.75, 3.05) is 0 Å². The highest BCUT2D eigenvalue weighted by molar-refractivity contribution is 7.20. The Bertz CT molecular complexity index is 1360. The van der Waals surface area contributed by atoms with E-state index < -0.39 is 8.07 Å². The number of hydrogen-bond acceptors (Lipinski definition) is 0. The molecular weight excluding hydrogens is 471 g/mol. The molecule has 2 aliphatic rings. The number of hydrogen-bond donors (Lipinski definition) is 0. The molecule has 0 atom stereocenters. The van der Waals surface area contributed by atoms with E-state index in [0.717, 1.165) is 17.2 Å². The normalized spacial score (nSPS) is 19.4. The fourth-order valence-corrected chi connectivity index (χ4v) is 11.7. The molecule has 186 valence electrons. The quantitative estimate of drug-likeness (QED) is 0.193. The molecule has 2 bridgehead atoms. The first kappa shape index (κ1) is 24.8. The van der Waals surface area contributed by atoms with Crippen molar-refractivity contribution >= 4 is 31.2 Å². The molecule has 0 aliphatic carbocycles. The highest BCUT2D eigenvalue weighted by Gasteiger charge is 2.50. The Balaban J connectivity index is 1.68. The van der Waals surface area contributed by atoms with Crippen molar-refractivity contribution in [2.24, 2.45) is 0 Å². The van der Waals surface area contributed by atoms with Crippen LogP contribution in [0, 0.1) is 11.5 Å². The number of rotatable bonds is 5. The summed E-state index contributed by atoms with van der Waals surface area (Å²) in [6.45, 7) is 0.592. The van der Waals surface area contributed by atoms with Crippen LogP contribution in [0.15, 0.2) is 126 Å². The van der Waals surface area contributed by atoms with Crippen molar-refractivity contribution in [3.05, 3.63) is 138 Å². The predicted molar refractivity (Wildman–Crippen MR) is 167 cm³/mol. The molecule has 4 aromatic rings. The van der Waals surface area contributed by atoms with Gasteiger partial charge in [0, 0.05) is 5.56 Å². The molecule has 0 aromatic heterocycles. The SMILES string of the molecule is C(#C[Si](/C(=C/c1ccccc1)B1C2CCCC1CCC2)(c1ccccc1)c1ccccc1)c1ccccc1. The Morgan fingerprint density at radius 2 is 1.05 bits per heavy atom. The van der Waals surface area contributed by atoms with Gasteiger partial charge in [-0.05, 0) is 28.1 Å². The molecule has 0 N–H and O–H groups in total. The maximum absolute atomic E-state index is 4.11. The Kier molecular flexibility index (Phi) is 7.47. The van der Waals surface area contributed by atoms with Crippen LogP contribution in [-0.4, -0.2) is 14.8 Å². The average molecular weight is 507 g/mol. The van der Waals surface area contributed by atoms with E-state index in [1.54, 1.807) is 5.10 Å². The highest BCUT2D eigenvalue weighted by atomic mass is 28.3. The Labute approximate surface area is 229 Å². The van der Waals surface area contributed by atoms with Crippen LogP contribution in [0.3, 0.4) is 0 Å². The van der Waals surface area contributed by atoms with Gasteiger partial charge < -0.3 is 0 Å². The zero-order valence-corrected chi connectivity index (χ0v) is 23.1. The predicted octanol–water partition coefficient (Wildman–Crippen LogP) is 7.61. The van der Waals surface area contributed by atoms with Crippen LogP contribution in [-0.2, 0) is 0 Å². The minimum absolute atomic E-state index is 0.592. The Morgan fingerprint density at radius 1 is 0.605 bits per heavy atom. The average Bonchev–Trinajstić information content (AvgIpc) is 2.98. The first-order valence-corrected chi connectivity index (χ1v) is 16.3. The van der Waals surface area contributed by atoms with E-state index in [2.05, 4.69) is 139 Å².